The number of benzene rings is 1. The van der Waals surface area contributed by atoms with Crippen molar-refractivity contribution in [1.82, 2.24) is 0 Å². The molecule has 0 heterocycles. The van der Waals surface area contributed by atoms with Gasteiger partial charge in [-0.3, -0.25) is 0 Å². The summed E-state index contributed by atoms with van der Waals surface area (Å²) in [6, 6.07) is 10.1. The second-order valence-corrected chi connectivity index (χ2v) is 4.84. The molecule has 1 rings (SSSR count). The van der Waals surface area contributed by atoms with Crippen LogP contribution in [0.4, 0.5) is 0 Å². The molecule has 2 atom stereocenters. The van der Waals surface area contributed by atoms with Crippen molar-refractivity contribution in [2.45, 2.75) is 32.8 Å². The van der Waals surface area contributed by atoms with Gasteiger partial charge >= 0.3 is 0 Å². The molecule has 0 aromatic heterocycles. The molecular weight excluding hydrogens is 186 g/mol. The quantitative estimate of drug-likeness (QED) is 0.794. The average molecular weight is 207 g/mol. The summed E-state index contributed by atoms with van der Waals surface area (Å²) in [6.07, 6.45) is -0.412. The highest BCUT2D eigenvalue weighted by molar-refractivity contribution is 5.20. The highest BCUT2D eigenvalue weighted by Gasteiger charge is 2.31. The van der Waals surface area contributed by atoms with Crippen LogP contribution in [0.5, 0.6) is 0 Å². The fourth-order valence-electron chi connectivity index (χ4n) is 1.74. The summed E-state index contributed by atoms with van der Waals surface area (Å²) in [5.41, 5.74) is 6.58. The van der Waals surface area contributed by atoms with Gasteiger partial charge in [0.1, 0.15) is 0 Å². The van der Waals surface area contributed by atoms with Gasteiger partial charge in [0.25, 0.3) is 0 Å². The SMILES string of the molecule is CC(c1ccccc1)C(O)C(C)(C)CN. The zero-order chi connectivity index (χ0) is 11.5. The highest BCUT2D eigenvalue weighted by atomic mass is 16.3. The summed E-state index contributed by atoms with van der Waals surface area (Å²) >= 11 is 0. The Morgan fingerprint density at radius 2 is 1.80 bits per heavy atom. The van der Waals surface area contributed by atoms with E-state index in [2.05, 4.69) is 0 Å². The van der Waals surface area contributed by atoms with Crippen molar-refractivity contribution < 1.29 is 5.11 Å². The van der Waals surface area contributed by atoms with E-state index in [4.69, 9.17) is 5.73 Å². The molecular formula is C13H21NO. The Morgan fingerprint density at radius 1 is 1.27 bits per heavy atom. The van der Waals surface area contributed by atoms with E-state index in [0.29, 0.717) is 6.54 Å². The molecule has 0 aliphatic rings. The molecule has 0 bridgehead atoms. The molecule has 0 aliphatic carbocycles. The third-order valence-corrected chi connectivity index (χ3v) is 3.13. The van der Waals surface area contributed by atoms with E-state index in [1.807, 2.05) is 51.1 Å². The zero-order valence-corrected chi connectivity index (χ0v) is 9.77. The molecule has 0 saturated carbocycles. The Hall–Kier alpha value is -0.860. The van der Waals surface area contributed by atoms with Crippen LogP contribution in [0.2, 0.25) is 0 Å². The molecule has 0 amide bonds. The van der Waals surface area contributed by atoms with Gasteiger partial charge in [0.15, 0.2) is 0 Å². The Bertz CT molecular complexity index is 295. The summed E-state index contributed by atoms with van der Waals surface area (Å²) in [6.45, 7) is 6.52. The second-order valence-electron chi connectivity index (χ2n) is 4.84. The number of hydrogen-bond donors (Lipinski definition) is 2. The van der Waals surface area contributed by atoms with E-state index in [-0.39, 0.29) is 11.3 Å². The maximum atomic E-state index is 10.2. The average Bonchev–Trinajstić information content (AvgIpc) is 2.28. The normalized spacial score (nSPS) is 16.1. The largest absolute Gasteiger partial charge is 0.392 e. The Morgan fingerprint density at radius 3 is 2.27 bits per heavy atom. The van der Waals surface area contributed by atoms with Crippen LogP contribution in [0.15, 0.2) is 30.3 Å². The van der Waals surface area contributed by atoms with Gasteiger partial charge in [0.2, 0.25) is 0 Å². The lowest BCUT2D eigenvalue weighted by atomic mass is 9.78. The molecule has 1 aromatic carbocycles. The number of nitrogens with two attached hydrogens (primary N) is 1. The van der Waals surface area contributed by atoms with Crippen molar-refractivity contribution in [2.24, 2.45) is 11.1 Å². The Labute approximate surface area is 92.1 Å². The van der Waals surface area contributed by atoms with E-state index in [9.17, 15) is 5.11 Å². The van der Waals surface area contributed by atoms with Gasteiger partial charge in [-0.2, -0.15) is 0 Å². The maximum absolute atomic E-state index is 10.2. The lowest BCUT2D eigenvalue weighted by Gasteiger charge is -2.33. The van der Waals surface area contributed by atoms with Crippen molar-refractivity contribution in [1.29, 1.82) is 0 Å². The standard InChI is InChI=1S/C13H21NO/c1-10(11-7-5-4-6-8-11)12(15)13(2,3)9-14/h4-8,10,12,15H,9,14H2,1-3H3. The van der Waals surface area contributed by atoms with E-state index < -0.39 is 6.10 Å². The number of aliphatic hydroxyl groups is 1. The predicted octanol–water partition coefficient (Wildman–Crippen LogP) is 2.14. The summed E-state index contributed by atoms with van der Waals surface area (Å²) in [4.78, 5) is 0. The van der Waals surface area contributed by atoms with Crippen molar-refractivity contribution in [3.63, 3.8) is 0 Å². The third kappa shape index (κ3) is 2.80. The second kappa shape index (κ2) is 4.77. The molecule has 1 aromatic rings. The molecule has 0 fully saturated rings. The molecule has 2 heteroatoms. The van der Waals surface area contributed by atoms with E-state index in [0.717, 1.165) is 5.56 Å². The van der Waals surface area contributed by atoms with Gasteiger partial charge < -0.3 is 10.8 Å². The van der Waals surface area contributed by atoms with Gasteiger partial charge in [0, 0.05) is 11.3 Å². The van der Waals surface area contributed by atoms with Crippen molar-refractivity contribution in [3.05, 3.63) is 35.9 Å². The van der Waals surface area contributed by atoms with Gasteiger partial charge in [0.05, 0.1) is 6.10 Å². The molecule has 0 aliphatic heterocycles. The fourth-order valence-corrected chi connectivity index (χ4v) is 1.74. The number of hydrogen-bond acceptors (Lipinski definition) is 2. The van der Waals surface area contributed by atoms with Crippen molar-refractivity contribution in [2.75, 3.05) is 6.54 Å². The first-order valence-electron chi connectivity index (χ1n) is 5.42. The predicted molar refractivity (Wildman–Crippen MR) is 63.7 cm³/mol. The number of aliphatic hydroxyl groups excluding tert-OH is 1. The minimum absolute atomic E-state index is 0.116. The smallest absolute Gasteiger partial charge is 0.0668 e. The van der Waals surface area contributed by atoms with E-state index in [1.54, 1.807) is 0 Å². The van der Waals surface area contributed by atoms with Crippen LogP contribution < -0.4 is 5.73 Å². The molecule has 3 N–H and O–H groups in total. The zero-order valence-electron chi connectivity index (χ0n) is 9.77. The van der Waals surface area contributed by atoms with E-state index >= 15 is 0 Å². The molecule has 0 radical (unpaired) electrons. The molecule has 0 spiro atoms. The first kappa shape index (κ1) is 12.2. The summed E-state index contributed by atoms with van der Waals surface area (Å²) in [7, 11) is 0. The van der Waals surface area contributed by atoms with Crippen LogP contribution in [-0.2, 0) is 0 Å². The first-order valence-corrected chi connectivity index (χ1v) is 5.42. The third-order valence-electron chi connectivity index (χ3n) is 3.13. The molecule has 84 valence electrons. The van der Waals surface area contributed by atoms with E-state index in [1.165, 1.54) is 0 Å². The van der Waals surface area contributed by atoms with Gasteiger partial charge in [-0.1, -0.05) is 51.1 Å². The highest BCUT2D eigenvalue weighted by Crippen LogP contribution is 2.30. The van der Waals surface area contributed by atoms with Gasteiger partial charge in [-0.25, -0.2) is 0 Å². The maximum Gasteiger partial charge on any atom is 0.0668 e. The minimum Gasteiger partial charge on any atom is -0.392 e. The van der Waals surface area contributed by atoms with Crippen LogP contribution in [0.1, 0.15) is 32.3 Å². The van der Waals surface area contributed by atoms with Gasteiger partial charge in [-0.05, 0) is 12.1 Å². The van der Waals surface area contributed by atoms with Crippen molar-refractivity contribution >= 4 is 0 Å². The van der Waals surface area contributed by atoms with Crippen molar-refractivity contribution in [3.8, 4) is 0 Å². The minimum atomic E-state index is -0.412. The summed E-state index contributed by atoms with van der Waals surface area (Å²) in [5, 5.41) is 10.2. The van der Waals surface area contributed by atoms with Gasteiger partial charge in [-0.15, -0.1) is 0 Å². The van der Waals surface area contributed by atoms with Crippen LogP contribution >= 0.6 is 0 Å². The summed E-state index contributed by atoms with van der Waals surface area (Å²) < 4.78 is 0. The lowest BCUT2D eigenvalue weighted by Crippen LogP contribution is -2.39. The monoisotopic (exact) mass is 207 g/mol. The number of rotatable bonds is 4. The van der Waals surface area contributed by atoms with Crippen LogP contribution in [0.3, 0.4) is 0 Å². The Kier molecular flexibility index (Phi) is 3.89. The van der Waals surface area contributed by atoms with Crippen LogP contribution in [0.25, 0.3) is 0 Å². The molecule has 2 nitrogen and oxygen atoms in total. The first-order chi connectivity index (χ1) is 6.99. The van der Waals surface area contributed by atoms with Crippen LogP contribution in [0, 0.1) is 5.41 Å². The molecule has 0 saturated heterocycles. The Balaban J connectivity index is 2.82. The fraction of sp³-hybridized carbons (Fsp3) is 0.538. The topological polar surface area (TPSA) is 46.2 Å². The van der Waals surface area contributed by atoms with Crippen LogP contribution in [-0.4, -0.2) is 17.8 Å². The summed E-state index contributed by atoms with van der Waals surface area (Å²) in [5.74, 6) is 0.116. The molecule has 15 heavy (non-hydrogen) atoms. The molecule has 2 unspecified atom stereocenters. The lowest BCUT2D eigenvalue weighted by molar-refractivity contribution is 0.0371.